The number of thiophene rings is 1. The Morgan fingerprint density at radius 1 is 1.03 bits per heavy atom. The Balaban J connectivity index is 1.65. The van der Waals surface area contributed by atoms with E-state index in [1.165, 1.54) is 11.3 Å². The molecular weight excluding hydrogens is 418 g/mol. The fourth-order valence-electron chi connectivity index (χ4n) is 3.28. The first-order valence-corrected chi connectivity index (χ1v) is 10.5. The van der Waals surface area contributed by atoms with Crippen LogP contribution in [-0.4, -0.2) is 15.9 Å². The van der Waals surface area contributed by atoms with Crippen LogP contribution in [-0.2, 0) is 6.54 Å². The van der Waals surface area contributed by atoms with Gasteiger partial charge in [-0.3, -0.25) is 4.79 Å². The number of nitrogens with zero attached hydrogens (tertiary/aromatic N) is 3. The predicted molar refractivity (Wildman–Crippen MR) is 121 cm³/mol. The van der Waals surface area contributed by atoms with Gasteiger partial charge < -0.3 is 15.5 Å². The van der Waals surface area contributed by atoms with E-state index in [9.17, 15) is 4.79 Å². The van der Waals surface area contributed by atoms with Crippen LogP contribution in [0.15, 0.2) is 72.2 Å². The molecule has 0 saturated carbocycles. The summed E-state index contributed by atoms with van der Waals surface area (Å²) in [5, 5.41) is 8.75. The average Bonchev–Trinajstić information content (AvgIpc) is 3.29. The van der Waals surface area contributed by atoms with Gasteiger partial charge in [-0.05, 0) is 47.3 Å². The number of halogens is 1. The zero-order valence-electron chi connectivity index (χ0n) is 15.7. The number of aromatic nitrogens is 2. The number of hydrogen-bond acceptors (Lipinski definition) is 6. The zero-order valence-corrected chi connectivity index (χ0v) is 17.2. The van der Waals surface area contributed by atoms with E-state index in [1.54, 1.807) is 11.1 Å². The molecule has 6 bridgehead atoms. The number of hydrogen-bond donors (Lipinski definition) is 2. The number of amides is 1. The van der Waals surface area contributed by atoms with Gasteiger partial charge in [-0.25, -0.2) is 4.98 Å². The van der Waals surface area contributed by atoms with Crippen LogP contribution in [0, 0.1) is 0 Å². The van der Waals surface area contributed by atoms with E-state index in [1.807, 2.05) is 66.0 Å². The highest BCUT2D eigenvalue weighted by Crippen LogP contribution is 2.30. The summed E-state index contributed by atoms with van der Waals surface area (Å²) in [5.41, 5.74) is 3.36. The van der Waals surface area contributed by atoms with Gasteiger partial charge >= 0.3 is 0 Å². The van der Waals surface area contributed by atoms with Crippen molar-refractivity contribution in [2.75, 3.05) is 15.5 Å². The van der Waals surface area contributed by atoms with Crippen LogP contribution in [0.1, 0.15) is 15.2 Å². The second-order valence-corrected chi connectivity index (χ2v) is 8.11. The molecule has 1 amide bonds. The Morgan fingerprint density at radius 3 is 2.70 bits per heavy atom. The lowest BCUT2D eigenvalue weighted by atomic mass is 10.1. The Hall–Kier alpha value is -3.42. The fourth-order valence-corrected chi connectivity index (χ4v) is 4.09. The van der Waals surface area contributed by atoms with Crippen molar-refractivity contribution in [2.24, 2.45) is 0 Å². The van der Waals surface area contributed by atoms with Gasteiger partial charge in [0.15, 0.2) is 5.82 Å². The molecule has 2 aromatic carbocycles. The summed E-state index contributed by atoms with van der Waals surface area (Å²) in [5.74, 6) is 0.868. The van der Waals surface area contributed by atoms with Gasteiger partial charge in [0, 0.05) is 17.1 Å². The number of rotatable bonds is 1. The molecular formula is C22H16ClN5OS. The Morgan fingerprint density at radius 2 is 1.87 bits per heavy atom. The topological polar surface area (TPSA) is 70.2 Å². The molecule has 30 heavy (non-hydrogen) atoms. The molecule has 0 saturated heterocycles. The molecule has 0 aliphatic carbocycles. The van der Waals surface area contributed by atoms with Crippen molar-refractivity contribution < 1.29 is 4.79 Å². The van der Waals surface area contributed by atoms with Crippen LogP contribution >= 0.6 is 22.9 Å². The summed E-state index contributed by atoms with van der Waals surface area (Å²) >= 11 is 7.73. The minimum Gasteiger partial charge on any atom is -0.339 e. The van der Waals surface area contributed by atoms with Crippen LogP contribution in [0.4, 0.5) is 28.8 Å². The van der Waals surface area contributed by atoms with E-state index in [4.69, 9.17) is 11.6 Å². The molecule has 0 fully saturated rings. The summed E-state index contributed by atoms with van der Waals surface area (Å²) in [6.45, 7) is 0.425. The quantitative estimate of drug-likeness (QED) is 0.394. The van der Waals surface area contributed by atoms with E-state index in [-0.39, 0.29) is 5.91 Å². The molecule has 1 aliphatic heterocycles. The van der Waals surface area contributed by atoms with Crippen molar-refractivity contribution in [3.05, 3.63) is 87.7 Å². The van der Waals surface area contributed by atoms with E-state index >= 15 is 0 Å². The minimum atomic E-state index is -0.0474. The number of carbonyl (C=O) groups is 1. The van der Waals surface area contributed by atoms with Crippen LogP contribution in [0.3, 0.4) is 0 Å². The van der Waals surface area contributed by atoms with Gasteiger partial charge in [0.2, 0.25) is 5.95 Å². The lowest BCUT2D eigenvalue weighted by Gasteiger charge is -2.23. The summed E-state index contributed by atoms with van der Waals surface area (Å²) in [6, 6.07) is 19.2. The normalized spacial score (nSPS) is 12.6. The molecule has 8 heteroatoms. The molecule has 6 nitrogen and oxygen atoms in total. The highest BCUT2D eigenvalue weighted by Gasteiger charge is 2.20. The van der Waals surface area contributed by atoms with Crippen molar-refractivity contribution in [1.82, 2.24) is 9.97 Å². The van der Waals surface area contributed by atoms with Crippen LogP contribution in [0.2, 0.25) is 5.02 Å². The molecule has 4 aromatic rings. The second kappa shape index (κ2) is 7.78. The lowest BCUT2D eigenvalue weighted by Crippen LogP contribution is -2.29. The highest BCUT2D eigenvalue weighted by molar-refractivity contribution is 7.12. The van der Waals surface area contributed by atoms with Crippen LogP contribution in [0.5, 0.6) is 0 Å². The summed E-state index contributed by atoms with van der Waals surface area (Å²) in [4.78, 5) is 24.5. The Kier molecular flexibility index (Phi) is 4.82. The number of benzene rings is 2. The third-order valence-corrected chi connectivity index (χ3v) is 5.80. The largest absolute Gasteiger partial charge is 0.339 e. The maximum atomic E-state index is 13.3. The first-order chi connectivity index (χ1) is 14.7. The van der Waals surface area contributed by atoms with Gasteiger partial charge in [0.1, 0.15) is 5.02 Å². The van der Waals surface area contributed by atoms with Crippen LogP contribution in [0.25, 0.3) is 0 Å². The molecule has 0 atom stereocenters. The van der Waals surface area contributed by atoms with E-state index in [2.05, 4.69) is 20.6 Å². The van der Waals surface area contributed by atoms with Crippen molar-refractivity contribution in [2.45, 2.75) is 6.54 Å². The molecule has 0 spiro atoms. The van der Waals surface area contributed by atoms with E-state index in [0.29, 0.717) is 28.2 Å². The SMILES string of the molecule is O=C(c1cccs1)N1Cc2cccc(c2)Nc2ncc(Cl)c(n2)Nc2cccc1c2. The Bertz CT molecular complexity index is 1230. The number of fused-ring (bicyclic) bond motifs is 6. The predicted octanol–water partition coefficient (Wildman–Crippen LogP) is 5.84. The van der Waals surface area contributed by atoms with Gasteiger partial charge in [0.05, 0.1) is 17.6 Å². The van der Waals surface area contributed by atoms with Gasteiger partial charge in [-0.15, -0.1) is 11.3 Å². The van der Waals surface area contributed by atoms with Gasteiger partial charge in [-0.2, -0.15) is 4.98 Å². The lowest BCUT2D eigenvalue weighted by molar-refractivity contribution is 0.0989. The zero-order chi connectivity index (χ0) is 20.5. The van der Waals surface area contributed by atoms with E-state index < -0.39 is 0 Å². The smallest absolute Gasteiger partial charge is 0.268 e. The highest BCUT2D eigenvalue weighted by atomic mass is 35.5. The van der Waals surface area contributed by atoms with Crippen molar-refractivity contribution in [3.8, 4) is 0 Å². The molecule has 2 N–H and O–H groups in total. The first kappa shape index (κ1) is 18.6. The molecule has 1 aliphatic rings. The van der Waals surface area contributed by atoms with Crippen molar-refractivity contribution in [3.63, 3.8) is 0 Å². The number of carbonyl (C=O) groups excluding carboxylic acids is 1. The molecule has 0 unspecified atom stereocenters. The minimum absolute atomic E-state index is 0.0474. The maximum absolute atomic E-state index is 13.3. The van der Waals surface area contributed by atoms with Crippen molar-refractivity contribution >= 4 is 57.7 Å². The molecule has 148 valence electrons. The Labute approximate surface area is 182 Å². The molecule has 0 radical (unpaired) electrons. The standard InChI is InChI=1S/C22H16ClN5OS/c23-18-12-24-22-26-15-5-1-4-14(10-15)13-28(21(29)19-8-3-9-30-19)17-7-2-6-16(11-17)25-20(18)27-22/h1-12H,13H2,(H2,24,25,26,27). The summed E-state index contributed by atoms with van der Waals surface area (Å²) < 4.78 is 0. The molecule has 2 aromatic heterocycles. The number of anilines is 5. The second-order valence-electron chi connectivity index (χ2n) is 6.76. The monoisotopic (exact) mass is 433 g/mol. The number of nitrogens with one attached hydrogen (secondary N) is 2. The summed E-state index contributed by atoms with van der Waals surface area (Å²) in [6.07, 6.45) is 1.55. The molecule has 3 heterocycles. The van der Waals surface area contributed by atoms with Crippen LogP contribution < -0.4 is 15.5 Å². The van der Waals surface area contributed by atoms with Crippen molar-refractivity contribution in [1.29, 1.82) is 0 Å². The third kappa shape index (κ3) is 3.72. The van der Waals surface area contributed by atoms with E-state index in [0.717, 1.165) is 22.6 Å². The maximum Gasteiger partial charge on any atom is 0.268 e. The average molecular weight is 434 g/mol. The van der Waals surface area contributed by atoms with Gasteiger partial charge in [-0.1, -0.05) is 35.9 Å². The first-order valence-electron chi connectivity index (χ1n) is 9.27. The van der Waals surface area contributed by atoms with Gasteiger partial charge in [0.25, 0.3) is 5.91 Å². The molecule has 5 rings (SSSR count). The summed E-state index contributed by atoms with van der Waals surface area (Å²) in [7, 11) is 0. The third-order valence-electron chi connectivity index (χ3n) is 4.67. The fraction of sp³-hybridized carbons (Fsp3) is 0.0455.